The maximum absolute atomic E-state index is 11.4. The lowest BCUT2D eigenvalue weighted by Crippen LogP contribution is -2.18. The number of hydrogen-bond acceptors (Lipinski definition) is 3. The molecule has 0 spiro atoms. The molecule has 0 bridgehead atoms. The van der Waals surface area contributed by atoms with Gasteiger partial charge in [-0.25, -0.2) is 0 Å². The summed E-state index contributed by atoms with van der Waals surface area (Å²) in [6.45, 7) is 0. The molecule has 3 nitrogen and oxygen atoms in total. The highest BCUT2D eigenvalue weighted by molar-refractivity contribution is 7.16. The van der Waals surface area contributed by atoms with E-state index in [4.69, 9.17) is 5.26 Å². The lowest BCUT2D eigenvalue weighted by Gasteiger charge is -1.96. The summed E-state index contributed by atoms with van der Waals surface area (Å²) in [5.41, 5.74) is 1.24. The largest absolute Gasteiger partial charge is 0.354 e. The molecule has 0 fully saturated rings. The van der Waals surface area contributed by atoms with Crippen LogP contribution >= 0.6 is 11.3 Å². The first-order valence-corrected chi connectivity index (χ1v) is 6.55. The number of carbonyl (C=O) groups excluding carboxylic acids is 1. The summed E-state index contributed by atoms with van der Waals surface area (Å²) in [4.78, 5) is 13.4. The Bertz CT molecular complexity index is 650. The third-order valence-corrected chi connectivity index (χ3v) is 3.65. The number of nitriles is 1. The molecule has 4 heteroatoms. The van der Waals surface area contributed by atoms with Gasteiger partial charge in [0.1, 0.15) is 11.6 Å². The molecule has 1 aromatic heterocycles. The molecule has 0 aliphatic rings. The van der Waals surface area contributed by atoms with Crippen LogP contribution < -0.4 is 5.32 Å². The van der Waals surface area contributed by atoms with Crippen LogP contribution in [0.4, 0.5) is 0 Å². The Morgan fingerprint density at radius 1 is 1.26 bits per heavy atom. The molecule has 2 aromatic rings. The van der Waals surface area contributed by atoms with Crippen LogP contribution in [0.3, 0.4) is 0 Å². The van der Waals surface area contributed by atoms with Crippen molar-refractivity contribution in [3.8, 4) is 16.5 Å². The van der Waals surface area contributed by atoms with E-state index in [-0.39, 0.29) is 11.5 Å². The highest BCUT2D eigenvalue weighted by Gasteiger charge is 2.07. The van der Waals surface area contributed by atoms with Crippen LogP contribution in [0.2, 0.25) is 0 Å². The third kappa shape index (κ3) is 3.09. The van der Waals surface area contributed by atoms with Gasteiger partial charge in [-0.1, -0.05) is 30.3 Å². The number of amides is 1. The predicted molar refractivity (Wildman–Crippen MR) is 77.4 cm³/mol. The zero-order chi connectivity index (χ0) is 13.7. The fraction of sp³-hybridized carbons (Fsp3) is 0.0667. The van der Waals surface area contributed by atoms with Crippen LogP contribution in [0, 0.1) is 11.3 Å². The smallest absolute Gasteiger partial charge is 0.261 e. The minimum Gasteiger partial charge on any atom is -0.354 e. The van der Waals surface area contributed by atoms with Gasteiger partial charge in [-0.2, -0.15) is 5.26 Å². The number of hydrogen-bond donors (Lipinski definition) is 1. The summed E-state index contributed by atoms with van der Waals surface area (Å²) in [6, 6.07) is 15.8. The second kappa shape index (κ2) is 5.98. The molecule has 0 unspecified atom stereocenters. The van der Waals surface area contributed by atoms with Crippen LogP contribution in [-0.2, 0) is 4.79 Å². The first-order chi connectivity index (χ1) is 9.24. The average Bonchev–Trinajstić information content (AvgIpc) is 2.93. The fourth-order valence-corrected chi connectivity index (χ4v) is 2.57. The topological polar surface area (TPSA) is 52.9 Å². The molecule has 2 rings (SSSR count). The lowest BCUT2D eigenvalue weighted by atomic mass is 10.2. The Balaban J connectivity index is 2.30. The quantitative estimate of drug-likeness (QED) is 0.687. The molecule has 1 N–H and O–H groups in total. The van der Waals surface area contributed by atoms with Crippen LogP contribution in [-0.4, -0.2) is 13.0 Å². The number of nitrogens with one attached hydrogen (secondary N) is 1. The fourth-order valence-electron chi connectivity index (χ4n) is 1.61. The van der Waals surface area contributed by atoms with E-state index >= 15 is 0 Å². The predicted octanol–water partition coefficient (Wildman–Crippen LogP) is 3.07. The molecule has 0 radical (unpaired) electrons. The molecule has 0 aliphatic heterocycles. The minimum atomic E-state index is -0.364. The van der Waals surface area contributed by atoms with E-state index in [1.165, 1.54) is 7.05 Å². The molecule has 0 saturated carbocycles. The number of thiophene rings is 1. The lowest BCUT2D eigenvalue weighted by molar-refractivity contribution is -0.116. The van der Waals surface area contributed by atoms with E-state index in [9.17, 15) is 4.79 Å². The Labute approximate surface area is 115 Å². The van der Waals surface area contributed by atoms with Crippen molar-refractivity contribution in [2.45, 2.75) is 0 Å². The maximum Gasteiger partial charge on any atom is 0.261 e. The maximum atomic E-state index is 11.4. The average molecular weight is 268 g/mol. The van der Waals surface area contributed by atoms with Gasteiger partial charge in [0.2, 0.25) is 0 Å². The summed E-state index contributed by atoms with van der Waals surface area (Å²) in [7, 11) is 1.51. The second-order valence-corrected chi connectivity index (χ2v) is 4.93. The number of benzene rings is 1. The summed E-state index contributed by atoms with van der Waals surface area (Å²) in [5, 5.41) is 11.4. The standard InChI is InChI=1S/C15H12N2OS/c1-17-15(18)12(10-16)9-13-7-8-14(19-13)11-5-3-2-4-6-11/h2-9H,1H3,(H,17,18)/b12-9+. The number of carbonyl (C=O) groups is 1. The molecule has 1 amide bonds. The van der Waals surface area contributed by atoms with Crippen LogP contribution in [0.1, 0.15) is 4.88 Å². The van der Waals surface area contributed by atoms with E-state index in [0.29, 0.717) is 0 Å². The van der Waals surface area contributed by atoms with Gasteiger partial charge in [0.15, 0.2) is 0 Å². The number of rotatable bonds is 3. The van der Waals surface area contributed by atoms with Crippen molar-refractivity contribution < 1.29 is 4.79 Å². The van der Waals surface area contributed by atoms with E-state index in [1.54, 1.807) is 17.4 Å². The summed E-state index contributed by atoms with van der Waals surface area (Å²) < 4.78 is 0. The van der Waals surface area contributed by atoms with Gasteiger partial charge in [-0.05, 0) is 23.8 Å². The van der Waals surface area contributed by atoms with E-state index in [2.05, 4.69) is 5.32 Å². The van der Waals surface area contributed by atoms with Crippen LogP contribution in [0.15, 0.2) is 48.0 Å². The highest BCUT2D eigenvalue weighted by Crippen LogP contribution is 2.29. The van der Waals surface area contributed by atoms with Gasteiger partial charge in [0, 0.05) is 16.8 Å². The Kier molecular flexibility index (Phi) is 4.11. The van der Waals surface area contributed by atoms with E-state index in [1.807, 2.05) is 48.5 Å². The molecule has 94 valence electrons. The van der Waals surface area contributed by atoms with Crippen molar-refractivity contribution in [1.82, 2.24) is 5.32 Å². The Morgan fingerprint density at radius 2 is 2.00 bits per heavy atom. The van der Waals surface area contributed by atoms with Gasteiger partial charge < -0.3 is 5.32 Å². The summed E-state index contributed by atoms with van der Waals surface area (Å²) in [6.07, 6.45) is 1.61. The van der Waals surface area contributed by atoms with Crippen LogP contribution in [0.25, 0.3) is 16.5 Å². The minimum absolute atomic E-state index is 0.115. The van der Waals surface area contributed by atoms with Gasteiger partial charge in [0.25, 0.3) is 5.91 Å². The number of likely N-dealkylation sites (N-methyl/N-ethyl adjacent to an activating group) is 1. The van der Waals surface area contributed by atoms with Crippen molar-refractivity contribution in [1.29, 1.82) is 5.26 Å². The molecule has 0 atom stereocenters. The summed E-state index contributed by atoms with van der Waals surface area (Å²) >= 11 is 1.55. The van der Waals surface area contributed by atoms with Crippen LogP contribution in [0.5, 0.6) is 0 Å². The van der Waals surface area contributed by atoms with E-state index < -0.39 is 0 Å². The van der Waals surface area contributed by atoms with Crippen molar-refractivity contribution in [3.05, 3.63) is 52.9 Å². The SMILES string of the molecule is CNC(=O)/C(C#N)=C/c1ccc(-c2ccccc2)s1. The molecule has 1 aromatic carbocycles. The molecule has 1 heterocycles. The Hall–Kier alpha value is -2.38. The molecule has 19 heavy (non-hydrogen) atoms. The van der Waals surface area contributed by atoms with Gasteiger partial charge in [0.05, 0.1) is 0 Å². The zero-order valence-corrected chi connectivity index (χ0v) is 11.2. The molecule has 0 aliphatic carbocycles. The Morgan fingerprint density at radius 3 is 2.63 bits per heavy atom. The summed E-state index contributed by atoms with van der Waals surface area (Å²) in [5.74, 6) is -0.364. The first kappa shape index (κ1) is 13.1. The van der Waals surface area contributed by atoms with Crippen molar-refractivity contribution in [2.75, 3.05) is 7.05 Å². The second-order valence-electron chi connectivity index (χ2n) is 3.82. The zero-order valence-electron chi connectivity index (χ0n) is 10.4. The van der Waals surface area contributed by atoms with Gasteiger partial charge in [-0.3, -0.25) is 4.79 Å². The first-order valence-electron chi connectivity index (χ1n) is 5.73. The van der Waals surface area contributed by atoms with E-state index in [0.717, 1.165) is 15.3 Å². The number of nitrogens with zero attached hydrogens (tertiary/aromatic N) is 1. The molecular weight excluding hydrogens is 256 g/mol. The van der Waals surface area contributed by atoms with Crippen molar-refractivity contribution in [3.63, 3.8) is 0 Å². The molecule has 0 saturated heterocycles. The van der Waals surface area contributed by atoms with Gasteiger partial charge >= 0.3 is 0 Å². The molecular formula is C15H12N2OS. The normalized spacial score (nSPS) is 10.8. The highest BCUT2D eigenvalue weighted by atomic mass is 32.1. The van der Waals surface area contributed by atoms with Crippen molar-refractivity contribution in [2.24, 2.45) is 0 Å². The monoisotopic (exact) mass is 268 g/mol. The third-order valence-electron chi connectivity index (χ3n) is 2.56. The van der Waals surface area contributed by atoms with Gasteiger partial charge in [-0.15, -0.1) is 11.3 Å². The van der Waals surface area contributed by atoms with Crippen molar-refractivity contribution >= 4 is 23.3 Å².